The second-order valence-electron chi connectivity index (χ2n) is 6.67. The third-order valence-electron chi connectivity index (χ3n) is 4.88. The quantitative estimate of drug-likeness (QED) is 0.563. The second-order valence-corrected chi connectivity index (χ2v) is 8.34. The summed E-state index contributed by atoms with van der Waals surface area (Å²) in [5.74, 6) is 0.235. The molecule has 0 saturated carbocycles. The van der Waals surface area contributed by atoms with Gasteiger partial charge in [-0.2, -0.15) is 0 Å². The van der Waals surface area contributed by atoms with Gasteiger partial charge in [0.15, 0.2) is 0 Å². The van der Waals surface area contributed by atoms with Gasteiger partial charge < -0.3 is 9.32 Å². The van der Waals surface area contributed by atoms with Gasteiger partial charge in [0.05, 0.1) is 17.2 Å². The van der Waals surface area contributed by atoms with Crippen molar-refractivity contribution >= 4 is 46.2 Å². The van der Waals surface area contributed by atoms with Crippen molar-refractivity contribution in [2.24, 2.45) is 0 Å². The van der Waals surface area contributed by atoms with E-state index in [0.29, 0.717) is 21.5 Å². The molecule has 0 bridgehead atoms. The van der Waals surface area contributed by atoms with Crippen molar-refractivity contribution in [1.82, 2.24) is 14.8 Å². The van der Waals surface area contributed by atoms with Crippen molar-refractivity contribution in [3.63, 3.8) is 0 Å². The van der Waals surface area contributed by atoms with Gasteiger partial charge in [-0.25, -0.2) is 0 Å². The van der Waals surface area contributed by atoms with Gasteiger partial charge in [0.1, 0.15) is 16.6 Å². The van der Waals surface area contributed by atoms with Gasteiger partial charge in [0.2, 0.25) is 5.91 Å². The van der Waals surface area contributed by atoms with E-state index in [9.17, 15) is 9.59 Å². The number of piperidine rings is 1. The van der Waals surface area contributed by atoms with Crippen LogP contribution >= 0.6 is 24.0 Å². The highest BCUT2D eigenvalue weighted by molar-refractivity contribution is 8.26. The molecule has 28 heavy (non-hydrogen) atoms. The Balaban J connectivity index is 1.49. The number of carbonyl (C=O) groups excluding carboxylic acids is 2. The van der Waals surface area contributed by atoms with E-state index in [1.165, 1.54) is 16.7 Å². The lowest BCUT2D eigenvalue weighted by atomic mass is 9.96. The van der Waals surface area contributed by atoms with Crippen LogP contribution < -0.4 is 0 Å². The van der Waals surface area contributed by atoms with Crippen LogP contribution in [0.4, 0.5) is 0 Å². The van der Waals surface area contributed by atoms with Crippen LogP contribution in [0, 0.1) is 0 Å². The Labute approximate surface area is 172 Å². The molecule has 1 atom stereocenters. The minimum absolute atomic E-state index is 0.00740. The van der Waals surface area contributed by atoms with E-state index in [2.05, 4.69) is 4.98 Å². The lowest BCUT2D eigenvalue weighted by molar-refractivity contribution is -0.138. The van der Waals surface area contributed by atoms with Crippen LogP contribution in [0.5, 0.6) is 0 Å². The molecule has 8 heteroatoms. The fraction of sp³-hybridized carbons (Fsp3) is 0.300. The normalized spacial score (nSPS) is 21.6. The molecule has 0 radical (unpaired) electrons. The summed E-state index contributed by atoms with van der Waals surface area (Å²) in [5.41, 5.74) is 1.03. The van der Waals surface area contributed by atoms with Crippen molar-refractivity contribution in [3.8, 4) is 0 Å². The zero-order valence-electron chi connectivity index (χ0n) is 15.1. The van der Waals surface area contributed by atoms with Crippen molar-refractivity contribution in [2.45, 2.75) is 25.3 Å². The third-order valence-corrected chi connectivity index (χ3v) is 6.25. The highest BCUT2D eigenvalue weighted by Crippen LogP contribution is 2.34. The lowest BCUT2D eigenvalue weighted by Crippen LogP contribution is -2.45. The highest BCUT2D eigenvalue weighted by atomic mass is 32.2. The summed E-state index contributed by atoms with van der Waals surface area (Å²) < 4.78 is 5.66. The van der Waals surface area contributed by atoms with E-state index in [0.717, 1.165) is 24.8 Å². The first kappa shape index (κ1) is 18.9. The molecule has 1 unspecified atom stereocenters. The number of likely N-dealkylation sites (tertiary alicyclic amines) is 1. The summed E-state index contributed by atoms with van der Waals surface area (Å²) in [6.45, 7) is 0.631. The van der Waals surface area contributed by atoms with Crippen LogP contribution in [0.25, 0.3) is 6.08 Å². The first-order chi connectivity index (χ1) is 13.6. The van der Waals surface area contributed by atoms with Crippen LogP contribution in [-0.2, 0) is 9.59 Å². The Hall–Kier alpha value is -2.45. The number of hydrogen-bond donors (Lipinski definition) is 0. The van der Waals surface area contributed by atoms with Crippen LogP contribution in [0.3, 0.4) is 0 Å². The smallest absolute Gasteiger partial charge is 0.266 e. The van der Waals surface area contributed by atoms with Gasteiger partial charge in [-0.15, -0.1) is 0 Å². The van der Waals surface area contributed by atoms with Crippen LogP contribution in [0.2, 0.25) is 0 Å². The Kier molecular flexibility index (Phi) is 5.59. The lowest BCUT2D eigenvalue weighted by Gasteiger charge is -2.36. The van der Waals surface area contributed by atoms with Crippen molar-refractivity contribution < 1.29 is 14.0 Å². The monoisotopic (exact) mass is 413 g/mol. The number of carbonyl (C=O) groups is 2. The Bertz CT molecular complexity index is 912. The van der Waals surface area contributed by atoms with E-state index in [1.807, 2.05) is 23.2 Å². The molecule has 0 spiro atoms. The Morgan fingerprint density at radius 1 is 1.36 bits per heavy atom. The van der Waals surface area contributed by atoms with Crippen LogP contribution in [0.1, 0.15) is 36.6 Å². The van der Waals surface area contributed by atoms with Gasteiger partial charge in [0.25, 0.3) is 5.91 Å². The molecule has 144 valence electrons. The van der Waals surface area contributed by atoms with Gasteiger partial charge >= 0.3 is 0 Å². The maximum atomic E-state index is 13.1. The number of nitrogens with zero attached hydrogens (tertiary/aromatic N) is 3. The van der Waals surface area contributed by atoms with Crippen LogP contribution in [-0.4, -0.2) is 44.0 Å². The molecule has 2 saturated heterocycles. The number of amides is 2. The van der Waals surface area contributed by atoms with E-state index in [-0.39, 0.29) is 24.4 Å². The van der Waals surface area contributed by atoms with E-state index in [1.54, 1.807) is 30.7 Å². The summed E-state index contributed by atoms with van der Waals surface area (Å²) in [5, 5.41) is 0. The average molecular weight is 414 g/mol. The molecule has 2 aliphatic rings. The zero-order valence-corrected chi connectivity index (χ0v) is 16.7. The van der Waals surface area contributed by atoms with Crippen LogP contribution in [0.15, 0.2) is 52.2 Å². The molecule has 2 aromatic heterocycles. The third kappa shape index (κ3) is 3.88. The summed E-state index contributed by atoms with van der Waals surface area (Å²) in [6, 6.07) is 7.39. The topological polar surface area (TPSA) is 66.7 Å². The summed E-state index contributed by atoms with van der Waals surface area (Å²) >= 11 is 6.54. The first-order valence-electron chi connectivity index (χ1n) is 9.12. The molecule has 6 nitrogen and oxygen atoms in total. The summed E-state index contributed by atoms with van der Waals surface area (Å²) in [6.07, 6.45) is 9.66. The van der Waals surface area contributed by atoms with Crippen molar-refractivity contribution in [3.05, 3.63) is 59.2 Å². The first-order valence-corrected chi connectivity index (χ1v) is 10.3. The molecule has 2 fully saturated rings. The molecule has 0 aromatic carbocycles. The molecule has 2 aromatic rings. The van der Waals surface area contributed by atoms with Crippen molar-refractivity contribution in [1.29, 1.82) is 0 Å². The molecule has 2 aliphatic heterocycles. The summed E-state index contributed by atoms with van der Waals surface area (Å²) in [4.78, 5) is 33.7. The Morgan fingerprint density at radius 2 is 2.25 bits per heavy atom. The SMILES string of the molecule is O=C1/C(=C/c2ccco2)SC(=S)N1CC(=O)N1CCCCC1c1cccnc1. The van der Waals surface area contributed by atoms with E-state index < -0.39 is 0 Å². The number of hydrogen-bond acceptors (Lipinski definition) is 6. The van der Waals surface area contributed by atoms with E-state index in [4.69, 9.17) is 16.6 Å². The predicted molar refractivity (Wildman–Crippen MR) is 111 cm³/mol. The number of pyridine rings is 1. The maximum Gasteiger partial charge on any atom is 0.266 e. The van der Waals surface area contributed by atoms with Crippen molar-refractivity contribution in [2.75, 3.05) is 13.1 Å². The van der Waals surface area contributed by atoms with E-state index >= 15 is 0 Å². The zero-order chi connectivity index (χ0) is 19.5. The fourth-order valence-electron chi connectivity index (χ4n) is 3.51. The number of rotatable bonds is 4. The molecular weight excluding hydrogens is 394 g/mol. The van der Waals surface area contributed by atoms with Gasteiger partial charge in [0, 0.05) is 25.0 Å². The number of furan rings is 1. The molecule has 4 rings (SSSR count). The van der Waals surface area contributed by atoms with Gasteiger partial charge in [-0.1, -0.05) is 30.0 Å². The second kappa shape index (κ2) is 8.28. The minimum Gasteiger partial charge on any atom is -0.465 e. The molecule has 2 amide bonds. The molecule has 4 heterocycles. The van der Waals surface area contributed by atoms with Gasteiger partial charge in [-0.05, 0) is 43.0 Å². The molecule has 0 N–H and O–H groups in total. The number of thiocarbonyl (C=S) groups is 1. The average Bonchev–Trinajstić information content (AvgIpc) is 3.33. The minimum atomic E-state index is -0.255. The predicted octanol–water partition coefficient (Wildman–Crippen LogP) is 3.63. The largest absolute Gasteiger partial charge is 0.465 e. The number of thioether (sulfide) groups is 1. The summed E-state index contributed by atoms with van der Waals surface area (Å²) in [7, 11) is 0. The maximum absolute atomic E-state index is 13.1. The fourth-order valence-corrected chi connectivity index (χ4v) is 4.75. The molecule has 0 aliphatic carbocycles. The van der Waals surface area contributed by atoms with Gasteiger partial charge in [-0.3, -0.25) is 19.5 Å². The standard InChI is InChI=1S/C20H19N3O3S2/c24-18(22-9-2-1-7-16(22)14-5-3-8-21-12-14)13-23-19(25)17(28-20(23)27)11-15-6-4-10-26-15/h3-6,8,10-12,16H,1-2,7,9,13H2/b17-11-. The molecular formula is C20H19N3O3S2. The number of aromatic nitrogens is 1. The Morgan fingerprint density at radius 3 is 3.00 bits per heavy atom. The highest BCUT2D eigenvalue weighted by Gasteiger charge is 2.36.